The SMILES string of the molecule is Oc1ccc2c(c1)C[C@@H]1[C@@H]3CCCC[C@]23CCN1C/C=C\I. The van der Waals surface area contributed by atoms with Crippen molar-refractivity contribution in [2.24, 2.45) is 5.92 Å². The lowest BCUT2D eigenvalue weighted by atomic mass is 9.52. The van der Waals surface area contributed by atoms with Gasteiger partial charge < -0.3 is 5.11 Å². The van der Waals surface area contributed by atoms with Crippen LogP contribution in [0.2, 0.25) is 0 Å². The van der Waals surface area contributed by atoms with Crippen molar-refractivity contribution in [3.8, 4) is 5.75 Å². The number of aromatic hydroxyl groups is 1. The zero-order chi connectivity index (χ0) is 15.2. The van der Waals surface area contributed by atoms with E-state index in [1.807, 2.05) is 12.1 Å². The fraction of sp³-hybridized carbons (Fsp3) is 0.579. The molecule has 118 valence electrons. The highest BCUT2D eigenvalue weighted by Gasteiger charge is 2.53. The maximum atomic E-state index is 9.93. The van der Waals surface area contributed by atoms with Gasteiger partial charge in [-0.05, 0) is 65.5 Å². The van der Waals surface area contributed by atoms with Crippen molar-refractivity contribution < 1.29 is 5.11 Å². The smallest absolute Gasteiger partial charge is 0.115 e. The molecule has 22 heavy (non-hydrogen) atoms. The van der Waals surface area contributed by atoms with Crippen molar-refractivity contribution >= 4 is 22.6 Å². The highest BCUT2D eigenvalue weighted by molar-refractivity contribution is 14.1. The molecule has 0 unspecified atom stereocenters. The molecule has 1 aromatic rings. The molecule has 1 heterocycles. The second-order valence-corrected chi connectivity index (χ2v) is 7.95. The van der Waals surface area contributed by atoms with E-state index in [1.165, 1.54) is 44.2 Å². The second-order valence-electron chi connectivity index (χ2n) is 7.23. The van der Waals surface area contributed by atoms with Crippen LogP contribution in [-0.4, -0.2) is 29.1 Å². The molecule has 1 N–H and O–H groups in total. The summed E-state index contributed by atoms with van der Waals surface area (Å²) in [4.78, 5) is 2.69. The minimum Gasteiger partial charge on any atom is -0.508 e. The third kappa shape index (κ3) is 2.23. The minimum atomic E-state index is 0.398. The molecule has 1 saturated carbocycles. The molecule has 2 aliphatic carbocycles. The zero-order valence-corrected chi connectivity index (χ0v) is 15.1. The average Bonchev–Trinajstić information content (AvgIpc) is 2.53. The standard InChI is InChI=1S/C19H24INO/c20-9-3-10-21-11-8-19-7-2-1-4-17(19)18(21)13-14-12-15(22)5-6-16(14)19/h3,5-6,9,12,17-18,22H,1-2,4,7-8,10-11,13H2/b9-3-/t17-,18+,19-/m0/s1. The molecular formula is C19H24INO. The van der Waals surface area contributed by atoms with E-state index in [1.54, 1.807) is 5.56 Å². The second kappa shape index (κ2) is 5.82. The molecule has 3 aliphatic rings. The maximum absolute atomic E-state index is 9.93. The lowest BCUT2D eigenvalue weighted by Gasteiger charge is -2.59. The van der Waals surface area contributed by atoms with Crippen molar-refractivity contribution in [3.05, 3.63) is 39.5 Å². The summed E-state index contributed by atoms with van der Waals surface area (Å²) in [7, 11) is 0. The fourth-order valence-corrected chi connectivity index (χ4v) is 5.73. The number of nitrogens with zero attached hydrogens (tertiary/aromatic N) is 1. The van der Waals surface area contributed by atoms with Crippen LogP contribution < -0.4 is 0 Å². The van der Waals surface area contributed by atoms with Crippen molar-refractivity contribution in [3.63, 3.8) is 0 Å². The molecule has 0 amide bonds. The van der Waals surface area contributed by atoms with Gasteiger partial charge in [0.25, 0.3) is 0 Å². The van der Waals surface area contributed by atoms with Crippen LogP contribution in [0.5, 0.6) is 5.75 Å². The van der Waals surface area contributed by atoms with Crippen LogP contribution in [0, 0.1) is 5.92 Å². The number of halogens is 1. The summed E-state index contributed by atoms with van der Waals surface area (Å²) in [5, 5.41) is 9.93. The lowest BCUT2D eigenvalue weighted by Crippen LogP contribution is -2.60. The number of benzene rings is 1. The molecule has 4 rings (SSSR count). The van der Waals surface area contributed by atoms with E-state index >= 15 is 0 Å². The van der Waals surface area contributed by atoms with Gasteiger partial charge in [-0.1, -0.05) is 47.6 Å². The highest BCUT2D eigenvalue weighted by Crippen LogP contribution is 2.55. The van der Waals surface area contributed by atoms with Crippen LogP contribution in [-0.2, 0) is 11.8 Å². The van der Waals surface area contributed by atoms with Crippen LogP contribution in [0.15, 0.2) is 28.4 Å². The van der Waals surface area contributed by atoms with E-state index in [2.05, 4.69) is 43.7 Å². The number of phenols is 1. The van der Waals surface area contributed by atoms with E-state index in [0.29, 0.717) is 17.2 Å². The molecule has 2 nitrogen and oxygen atoms in total. The van der Waals surface area contributed by atoms with Gasteiger partial charge in [-0.2, -0.15) is 0 Å². The van der Waals surface area contributed by atoms with Gasteiger partial charge in [0.2, 0.25) is 0 Å². The Kier molecular flexibility index (Phi) is 3.97. The van der Waals surface area contributed by atoms with Gasteiger partial charge in [-0.15, -0.1) is 0 Å². The van der Waals surface area contributed by atoms with Crippen molar-refractivity contribution in [2.45, 2.75) is 50.0 Å². The first-order valence-corrected chi connectivity index (χ1v) is 9.81. The first kappa shape index (κ1) is 15.0. The van der Waals surface area contributed by atoms with Crippen LogP contribution >= 0.6 is 22.6 Å². The van der Waals surface area contributed by atoms with Gasteiger partial charge in [0, 0.05) is 18.0 Å². The summed E-state index contributed by atoms with van der Waals surface area (Å²) in [6, 6.07) is 6.84. The Hall–Kier alpha value is -0.550. The number of phenolic OH excluding ortho intramolecular Hbond substituents is 1. The molecule has 1 saturated heterocycles. The number of hydrogen-bond donors (Lipinski definition) is 1. The summed E-state index contributed by atoms with van der Waals surface area (Å²) < 4.78 is 2.14. The van der Waals surface area contributed by atoms with Gasteiger partial charge in [-0.3, -0.25) is 4.90 Å². The quantitative estimate of drug-likeness (QED) is 0.733. The largest absolute Gasteiger partial charge is 0.508 e. The van der Waals surface area contributed by atoms with Gasteiger partial charge in [0.1, 0.15) is 5.75 Å². The Labute approximate surface area is 146 Å². The Bertz CT molecular complexity index is 599. The molecule has 0 spiro atoms. The predicted octanol–water partition coefficient (Wildman–Crippen LogP) is 4.40. The van der Waals surface area contributed by atoms with Crippen LogP contribution in [0.3, 0.4) is 0 Å². The molecule has 2 fully saturated rings. The van der Waals surface area contributed by atoms with Crippen molar-refractivity contribution in [1.82, 2.24) is 4.90 Å². The maximum Gasteiger partial charge on any atom is 0.115 e. The average molecular weight is 409 g/mol. The first-order valence-electron chi connectivity index (χ1n) is 8.56. The van der Waals surface area contributed by atoms with Gasteiger partial charge in [0.15, 0.2) is 0 Å². The first-order chi connectivity index (χ1) is 10.7. The zero-order valence-electron chi connectivity index (χ0n) is 13.0. The molecule has 3 heteroatoms. The number of likely N-dealkylation sites (tertiary alicyclic amines) is 1. The summed E-state index contributed by atoms with van der Waals surface area (Å²) in [5.41, 5.74) is 3.37. The summed E-state index contributed by atoms with van der Waals surface area (Å²) in [5.74, 6) is 1.25. The molecule has 2 bridgehead atoms. The topological polar surface area (TPSA) is 23.5 Å². The van der Waals surface area contributed by atoms with Gasteiger partial charge >= 0.3 is 0 Å². The van der Waals surface area contributed by atoms with Crippen molar-refractivity contribution in [1.29, 1.82) is 0 Å². The Morgan fingerprint density at radius 2 is 2.23 bits per heavy atom. The third-order valence-corrected chi connectivity index (χ3v) is 6.87. The van der Waals surface area contributed by atoms with E-state index in [-0.39, 0.29) is 0 Å². The molecule has 3 atom stereocenters. The van der Waals surface area contributed by atoms with E-state index in [9.17, 15) is 5.11 Å². The normalized spacial score (nSPS) is 34.4. The Morgan fingerprint density at radius 1 is 1.32 bits per heavy atom. The van der Waals surface area contributed by atoms with Crippen LogP contribution in [0.4, 0.5) is 0 Å². The summed E-state index contributed by atoms with van der Waals surface area (Å²) in [6.07, 6.45) is 10.2. The molecule has 0 radical (unpaired) electrons. The molecule has 0 aromatic heterocycles. The fourth-order valence-electron chi connectivity index (χ4n) is 5.50. The van der Waals surface area contributed by atoms with Gasteiger partial charge in [0.05, 0.1) is 0 Å². The minimum absolute atomic E-state index is 0.398. The summed E-state index contributed by atoms with van der Waals surface area (Å²) in [6.45, 7) is 2.30. The van der Waals surface area contributed by atoms with Crippen LogP contribution in [0.1, 0.15) is 43.2 Å². The van der Waals surface area contributed by atoms with E-state index in [0.717, 1.165) is 18.9 Å². The molecule has 1 aromatic carbocycles. The monoisotopic (exact) mass is 409 g/mol. The number of fused-ring (bicyclic) bond motifs is 1. The summed E-state index contributed by atoms with van der Waals surface area (Å²) >= 11 is 2.32. The van der Waals surface area contributed by atoms with Gasteiger partial charge in [-0.25, -0.2) is 0 Å². The Balaban J connectivity index is 1.78. The number of rotatable bonds is 2. The highest BCUT2D eigenvalue weighted by atomic mass is 127. The van der Waals surface area contributed by atoms with E-state index in [4.69, 9.17) is 0 Å². The lowest BCUT2D eigenvalue weighted by molar-refractivity contribution is -0.00513. The van der Waals surface area contributed by atoms with Crippen LogP contribution in [0.25, 0.3) is 0 Å². The molecule has 1 aliphatic heterocycles. The predicted molar refractivity (Wildman–Crippen MR) is 98.6 cm³/mol. The number of piperidine rings is 1. The van der Waals surface area contributed by atoms with Crippen molar-refractivity contribution in [2.75, 3.05) is 13.1 Å². The third-order valence-electron chi connectivity index (χ3n) is 6.36. The molecular weight excluding hydrogens is 385 g/mol. The Morgan fingerprint density at radius 3 is 3.09 bits per heavy atom. The van der Waals surface area contributed by atoms with E-state index < -0.39 is 0 Å². The number of hydrogen-bond acceptors (Lipinski definition) is 2.